The second-order valence-corrected chi connectivity index (χ2v) is 9.90. The molecular formula is C30H40N4. The summed E-state index contributed by atoms with van der Waals surface area (Å²) >= 11 is 0. The number of nitrogens with zero attached hydrogens (tertiary/aromatic N) is 4. The van der Waals surface area contributed by atoms with Crippen molar-refractivity contribution in [2.45, 2.75) is 83.1 Å². The van der Waals surface area contributed by atoms with Gasteiger partial charge in [0.15, 0.2) is 5.82 Å². The molecule has 0 saturated carbocycles. The van der Waals surface area contributed by atoms with Gasteiger partial charge in [0, 0.05) is 13.2 Å². The largest absolute Gasteiger partial charge is 0.332 e. The first kappa shape index (κ1) is 25.6. The Morgan fingerprint density at radius 1 is 0.559 bits per heavy atom. The normalized spacial score (nSPS) is 12.6. The number of benzene rings is 2. The average Bonchev–Trinajstić information content (AvgIpc) is 3.21. The Morgan fingerprint density at radius 2 is 0.882 bits per heavy atom. The van der Waals surface area contributed by atoms with Crippen LogP contribution in [-0.4, -0.2) is 21.0 Å². The van der Waals surface area contributed by atoms with Gasteiger partial charge in [0.05, 0.1) is 22.8 Å². The first-order chi connectivity index (χ1) is 15.8. The van der Waals surface area contributed by atoms with Crippen LogP contribution in [0.2, 0.25) is 0 Å². The van der Waals surface area contributed by atoms with Gasteiger partial charge in [0.2, 0.25) is 0 Å². The van der Waals surface area contributed by atoms with Crippen LogP contribution in [0.5, 0.6) is 0 Å². The Balaban J connectivity index is 2.08. The Bertz CT molecular complexity index is 1310. The second-order valence-electron chi connectivity index (χ2n) is 9.90. The maximum atomic E-state index is 5.06. The molecule has 0 N–H and O–H groups in total. The number of aryl methyl sites for hydroxylation is 1. The molecule has 0 unspecified atom stereocenters. The molecule has 1 aromatic heterocycles. The standard InChI is InChI=1S/C30H40N4/c1-15-17(3)21(7)28(22(8)18(15)4)31-25(11)27-14-34(13)30(33-27)26(12)32-29-23(9)19(5)16(2)20(6)24(29)10/h14H,1-13H3/b31-25+,32-26+. The molecule has 1 heterocycles. The molecule has 4 heteroatoms. The van der Waals surface area contributed by atoms with Gasteiger partial charge >= 0.3 is 0 Å². The summed E-state index contributed by atoms with van der Waals surface area (Å²) in [6.45, 7) is 25.9. The zero-order valence-electron chi connectivity index (χ0n) is 23.4. The van der Waals surface area contributed by atoms with Crippen molar-refractivity contribution in [3.05, 3.63) is 73.3 Å². The molecule has 2 aromatic carbocycles. The smallest absolute Gasteiger partial charge is 0.154 e. The number of aliphatic imine (C=N–C) groups is 2. The van der Waals surface area contributed by atoms with Gasteiger partial charge < -0.3 is 4.57 Å². The zero-order chi connectivity index (χ0) is 25.6. The van der Waals surface area contributed by atoms with Crippen molar-refractivity contribution in [1.82, 2.24) is 9.55 Å². The molecule has 0 fully saturated rings. The summed E-state index contributed by atoms with van der Waals surface area (Å²) in [5.74, 6) is 0.865. The van der Waals surface area contributed by atoms with Crippen molar-refractivity contribution in [2.24, 2.45) is 17.0 Å². The summed E-state index contributed by atoms with van der Waals surface area (Å²) in [5, 5.41) is 0. The van der Waals surface area contributed by atoms with E-state index in [9.17, 15) is 0 Å². The van der Waals surface area contributed by atoms with E-state index in [0.717, 1.165) is 34.3 Å². The van der Waals surface area contributed by atoms with Crippen LogP contribution in [0.25, 0.3) is 0 Å². The van der Waals surface area contributed by atoms with E-state index in [-0.39, 0.29) is 0 Å². The van der Waals surface area contributed by atoms with E-state index in [4.69, 9.17) is 15.0 Å². The molecule has 0 atom stereocenters. The Morgan fingerprint density at radius 3 is 1.26 bits per heavy atom. The zero-order valence-corrected chi connectivity index (χ0v) is 23.4. The van der Waals surface area contributed by atoms with Crippen LogP contribution in [0.1, 0.15) is 81.0 Å². The summed E-state index contributed by atoms with van der Waals surface area (Å²) < 4.78 is 2.05. The summed E-state index contributed by atoms with van der Waals surface area (Å²) in [7, 11) is 2.03. The Hall–Kier alpha value is -3.01. The highest BCUT2D eigenvalue weighted by Gasteiger charge is 2.16. The van der Waals surface area contributed by atoms with Gasteiger partial charge in [-0.05, 0) is 139 Å². The first-order valence-electron chi connectivity index (χ1n) is 12.1. The van der Waals surface area contributed by atoms with E-state index in [0.29, 0.717) is 0 Å². The van der Waals surface area contributed by atoms with Crippen molar-refractivity contribution in [1.29, 1.82) is 0 Å². The topological polar surface area (TPSA) is 42.5 Å². The van der Waals surface area contributed by atoms with Gasteiger partial charge in [-0.15, -0.1) is 0 Å². The number of imidazole rings is 1. The molecule has 0 aliphatic carbocycles. The molecule has 3 rings (SSSR count). The van der Waals surface area contributed by atoms with Crippen molar-refractivity contribution in [3.8, 4) is 0 Å². The lowest BCUT2D eigenvalue weighted by atomic mass is 9.93. The maximum absolute atomic E-state index is 5.06. The average molecular weight is 457 g/mol. The molecule has 0 amide bonds. The van der Waals surface area contributed by atoms with Gasteiger partial charge in [0.25, 0.3) is 0 Å². The molecule has 0 radical (unpaired) electrons. The van der Waals surface area contributed by atoms with E-state index in [2.05, 4.69) is 80.0 Å². The maximum Gasteiger partial charge on any atom is 0.154 e. The third-order valence-corrected chi connectivity index (χ3v) is 8.05. The summed E-state index contributed by atoms with van der Waals surface area (Å²) in [6, 6.07) is 0. The molecule has 0 aliphatic rings. The van der Waals surface area contributed by atoms with Crippen molar-refractivity contribution < 1.29 is 0 Å². The fourth-order valence-electron chi connectivity index (χ4n) is 4.72. The van der Waals surface area contributed by atoms with Crippen LogP contribution in [0.4, 0.5) is 11.4 Å². The van der Waals surface area contributed by atoms with Crippen molar-refractivity contribution in [2.75, 3.05) is 0 Å². The second kappa shape index (κ2) is 9.32. The minimum Gasteiger partial charge on any atom is -0.332 e. The predicted octanol–water partition coefficient (Wildman–Crippen LogP) is 7.79. The lowest BCUT2D eigenvalue weighted by Gasteiger charge is -2.16. The molecule has 34 heavy (non-hydrogen) atoms. The number of rotatable bonds is 4. The number of aromatic nitrogens is 2. The summed E-state index contributed by atoms with van der Waals surface area (Å²) in [4.78, 5) is 15.1. The Kier molecular flexibility index (Phi) is 7.02. The quantitative estimate of drug-likeness (QED) is 0.369. The molecule has 180 valence electrons. The first-order valence-corrected chi connectivity index (χ1v) is 12.1. The van der Waals surface area contributed by atoms with Crippen LogP contribution >= 0.6 is 0 Å². The van der Waals surface area contributed by atoms with E-state index in [1.807, 2.05) is 20.9 Å². The lowest BCUT2D eigenvalue weighted by molar-refractivity contribution is 0.896. The molecule has 0 bridgehead atoms. The van der Waals surface area contributed by atoms with Gasteiger partial charge in [-0.25, -0.2) is 9.98 Å². The molecule has 0 aliphatic heterocycles. The van der Waals surface area contributed by atoms with Crippen molar-refractivity contribution >= 4 is 22.8 Å². The predicted molar refractivity (Wildman–Crippen MR) is 147 cm³/mol. The molecule has 3 aromatic rings. The van der Waals surface area contributed by atoms with Crippen LogP contribution < -0.4 is 0 Å². The highest BCUT2D eigenvalue weighted by atomic mass is 15.1. The minimum atomic E-state index is 0.865. The van der Waals surface area contributed by atoms with Gasteiger partial charge in [-0.1, -0.05) is 0 Å². The van der Waals surface area contributed by atoms with E-state index in [1.54, 1.807) is 0 Å². The number of hydrogen-bond donors (Lipinski definition) is 0. The highest BCUT2D eigenvalue weighted by molar-refractivity contribution is 6.02. The molecule has 0 saturated heterocycles. The fourth-order valence-corrected chi connectivity index (χ4v) is 4.72. The van der Waals surface area contributed by atoms with Crippen LogP contribution in [0.3, 0.4) is 0 Å². The van der Waals surface area contributed by atoms with Gasteiger partial charge in [-0.2, -0.15) is 0 Å². The lowest BCUT2D eigenvalue weighted by Crippen LogP contribution is -2.05. The van der Waals surface area contributed by atoms with Crippen LogP contribution in [0, 0.1) is 69.2 Å². The molecule has 4 nitrogen and oxygen atoms in total. The highest BCUT2D eigenvalue weighted by Crippen LogP contribution is 2.34. The van der Waals surface area contributed by atoms with E-state index >= 15 is 0 Å². The van der Waals surface area contributed by atoms with Crippen molar-refractivity contribution in [3.63, 3.8) is 0 Å². The minimum absolute atomic E-state index is 0.865. The van der Waals surface area contributed by atoms with E-state index < -0.39 is 0 Å². The monoisotopic (exact) mass is 456 g/mol. The van der Waals surface area contributed by atoms with Gasteiger partial charge in [-0.3, -0.25) is 4.99 Å². The van der Waals surface area contributed by atoms with Crippen LogP contribution in [0.15, 0.2) is 16.2 Å². The Labute approximate surface area is 205 Å². The summed E-state index contributed by atoms with van der Waals surface area (Å²) in [6.07, 6.45) is 2.05. The van der Waals surface area contributed by atoms with Gasteiger partial charge in [0.1, 0.15) is 5.69 Å². The molecule has 0 spiro atoms. The van der Waals surface area contributed by atoms with E-state index in [1.165, 1.54) is 55.6 Å². The SMILES string of the molecule is C/C(=N\c1c(C)c(C)c(C)c(C)c1C)c1cn(C)c(/C(C)=N/c2c(C)c(C)c(C)c(C)c2C)n1. The van der Waals surface area contributed by atoms with Crippen LogP contribution in [-0.2, 0) is 7.05 Å². The number of hydrogen-bond acceptors (Lipinski definition) is 3. The molecular weight excluding hydrogens is 416 g/mol. The summed E-state index contributed by atoms with van der Waals surface area (Å²) in [5.41, 5.74) is 17.7. The fraction of sp³-hybridized carbons (Fsp3) is 0.433. The third kappa shape index (κ3) is 4.26. The third-order valence-electron chi connectivity index (χ3n) is 8.05.